The van der Waals surface area contributed by atoms with Crippen LogP contribution in [0.25, 0.3) is 0 Å². The summed E-state index contributed by atoms with van der Waals surface area (Å²) in [7, 11) is 0. The minimum absolute atomic E-state index is 0.0444. The summed E-state index contributed by atoms with van der Waals surface area (Å²) in [6, 6.07) is 3.58. The molecule has 1 atom stereocenters. The second-order valence-corrected chi connectivity index (χ2v) is 4.79. The van der Waals surface area contributed by atoms with Crippen LogP contribution in [0, 0.1) is 15.9 Å². The Kier molecular flexibility index (Phi) is 4.70. The van der Waals surface area contributed by atoms with Crippen LogP contribution in [-0.4, -0.2) is 21.9 Å². The van der Waals surface area contributed by atoms with Gasteiger partial charge in [0.25, 0.3) is 5.69 Å². The third-order valence-corrected chi connectivity index (χ3v) is 3.21. The van der Waals surface area contributed by atoms with Crippen LogP contribution in [0.15, 0.2) is 23.1 Å². The summed E-state index contributed by atoms with van der Waals surface area (Å²) >= 11 is 1.26. The van der Waals surface area contributed by atoms with E-state index in [2.05, 4.69) is 0 Å². The number of nitro benzene ring substituents is 1. The molecule has 1 aromatic rings. The average Bonchev–Trinajstić information content (AvgIpc) is 2.21. The summed E-state index contributed by atoms with van der Waals surface area (Å²) in [5.41, 5.74) is -0.253. The first-order valence-electron chi connectivity index (χ1n) is 4.76. The van der Waals surface area contributed by atoms with Crippen molar-refractivity contribution in [3.63, 3.8) is 0 Å². The van der Waals surface area contributed by atoms with E-state index in [9.17, 15) is 14.5 Å². The van der Waals surface area contributed by atoms with Gasteiger partial charge in [-0.3, -0.25) is 10.1 Å². The number of non-ortho nitro benzene ring substituents is 1. The van der Waals surface area contributed by atoms with E-state index in [1.54, 1.807) is 0 Å². The van der Waals surface area contributed by atoms with Gasteiger partial charge < -0.3 is 5.11 Å². The van der Waals surface area contributed by atoms with Crippen LogP contribution in [0.4, 0.5) is 10.1 Å². The topological polar surface area (TPSA) is 63.4 Å². The van der Waals surface area contributed by atoms with Gasteiger partial charge in [-0.15, -0.1) is 11.8 Å². The van der Waals surface area contributed by atoms with Gasteiger partial charge in [-0.05, 0) is 12.5 Å². The Hall–Kier alpha value is -1.14. The third-order valence-electron chi connectivity index (χ3n) is 1.99. The lowest BCUT2D eigenvalue weighted by Crippen LogP contribution is -2.00. The molecule has 16 heavy (non-hydrogen) atoms. The van der Waals surface area contributed by atoms with Gasteiger partial charge in [0.1, 0.15) is 5.82 Å². The fourth-order valence-electron chi connectivity index (χ4n) is 1.16. The quantitative estimate of drug-likeness (QED) is 0.492. The molecule has 0 amide bonds. The number of benzene rings is 1. The summed E-state index contributed by atoms with van der Waals surface area (Å²) in [5.74, 6) is -0.594. The minimum Gasteiger partial charge on any atom is -0.396 e. The zero-order chi connectivity index (χ0) is 12.1. The molecular weight excluding hydrogens is 233 g/mol. The molecule has 6 heteroatoms. The van der Waals surface area contributed by atoms with Gasteiger partial charge in [0.05, 0.1) is 11.0 Å². The predicted octanol–water partition coefficient (Wildman–Crippen LogP) is 2.60. The van der Waals surface area contributed by atoms with Gasteiger partial charge in [0.2, 0.25) is 0 Å². The van der Waals surface area contributed by atoms with Crippen LogP contribution in [0.5, 0.6) is 0 Å². The monoisotopic (exact) mass is 245 g/mol. The molecule has 0 aliphatic heterocycles. The molecule has 0 aliphatic carbocycles. The van der Waals surface area contributed by atoms with Gasteiger partial charge in [-0.2, -0.15) is 0 Å². The molecule has 0 saturated carbocycles. The largest absolute Gasteiger partial charge is 0.396 e. The Morgan fingerprint density at radius 1 is 1.62 bits per heavy atom. The minimum atomic E-state index is -0.630. The molecule has 0 bridgehead atoms. The van der Waals surface area contributed by atoms with E-state index in [0.717, 1.165) is 6.07 Å². The molecule has 1 aromatic carbocycles. The molecule has 1 unspecified atom stereocenters. The molecule has 0 aliphatic rings. The molecule has 4 nitrogen and oxygen atoms in total. The fourth-order valence-corrected chi connectivity index (χ4v) is 2.13. The lowest BCUT2D eigenvalue weighted by molar-refractivity contribution is -0.385. The number of nitrogens with zero attached hydrogens (tertiary/aromatic N) is 1. The first-order valence-corrected chi connectivity index (χ1v) is 5.64. The van der Waals surface area contributed by atoms with Crippen LogP contribution in [0.2, 0.25) is 0 Å². The van der Waals surface area contributed by atoms with Gasteiger partial charge in [-0.1, -0.05) is 6.92 Å². The van der Waals surface area contributed by atoms with Crippen molar-refractivity contribution < 1.29 is 14.4 Å². The number of aliphatic hydroxyl groups is 1. The Labute approximate surface area is 96.6 Å². The van der Waals surface area contributed by atoms with Crippen molar-refractivity contribution in [2.45, 2.75) is 23.5 Å². The maximum absolute atomic E-state index is 13.4. The third kappa shape index (κ3) is 3.46. The first-order chi connectivity index (χ1) is 7.54. The van der Waals surface area contributed by atoms with Crippen molar-refractivity contribution in [3.05, 3.63) is 34.1 Å². The summed E-state index contributed by atoms with van der Waals surface area (Å²) in [6.07, 6.45) is 0.557. The van der Waals surface area contributed by atoms with Crippen molar-refractivity contribution in [1.29, 1.82) is 0 Å². The Balaban J connectivity index is 2.79. The maximum atomic E-state index is 13.4. The number of hydrogen-bond donors (Lipinski definition) is 1. The van der Waals surface area contributed by atoms with Crippen LogP contribution in [0.1, 0.15) is 13.3 Å². The highest BCUT2D eigenvalue weighted by molar-refractivity contribution is 8.00. The van der Waals surface area contributed by atoms with Gasteiger partial charge in [-0.25, -0.2) is 4.39 Å². The second kappa shape index (κ2) is 5.81. The standard InChI is InChI=1S/C10H12FNO3S/c1-7(4-5-13)16-10-3-2-8(12(14)15)6-9(10)11/h2-3,6-7,13H,4-5H2,1H3. The summed E-state index contributed by atoms with van der Waals surface area (Å²) < 4.78 is 13.4. The number of thioether (sulfide) groups is 1. The number of nitro groups is 1. The molecule has 0 radical (unpaired) electrons. The number of hydrogen-bond acceptors (Lipinski definition) is 4. The molecule has 0 aromatic heterocycles. The smallest absolute Gasteiger partial charge is 0.272 e. The normalized spacial score (nSPS) is 12.4. The van der Waals surface area contributed by atoms with Crippen molar-refractivity contribution in [2.75, 3.05) is 6.61 Å². The molecular formula is C10H12FNO3S. The van der Waals surface area contributed by atoms with E-state index in [1.165, 1.54) is 23.9 Å². The van der Waals surface area contributed by atoms with Crippen molar-refractivity contribution in [1.82, 2.24) is 0 Å². The van der Waals surface area contributed by atoms with E-state index in [0.29, 0.717) is 11.3 Å². The molecule has 1 rings (SSSR count). The van der Waals surface area contributed by atoms with E-state index >= 15 is 0 Å². The molecule has 88 valence electrons. The Morgan fingerprint density at radius 2 is 2.31 bits per heavy atom. The van der Waals surface area contributed by atoms with Crippen molar-refractivity contribution >= 4 is 17.4 Å². The van der Waals surface area contributed by atoms with Crippen LogP contribution < -0.4 is 0 Å². The summed E-state index contributed by atoms with van der Waals surface area (Å²) in [6.45, 7) is 1.91. The van der Waals surface area contributed by atoms with Crippen LogP contribution >= 0.6 is 11.8 Å². The van der Waals surface area contributed by atoms with E-state index in [4.69, 9.17) is 5.11 Å². The zero-order valence-corrected chi connectivity index (χ0v) is 9.54. The van der Waals surface area contributed by atoms with Crippen molar-refractivity contribution in [3.8, 4) is 0 Å². The predicted molar refractivity (Wildman–Crippen MR) is 60.1 cm³/mol. The molecule has 0 fully saturated rings. The van der Waals surface area contributed by atoms with Crippen LogP contribution in [0.3, 0.4) is 0 Å². The lowest BCUT2D eigenvalue weighted by Gasteiger charge is -2.09. The SMILES string of the molecule is CC(CCO)Sc1ccc([N+](=O)[O-])cc1F. The number of halogens is 1. The first kappa shape index (κ1) is 12.9. The van der Waals surface area contributed by atoms with E-state index in [-0.39, 0.29) is 17.5 Å². The van der Waals surface area contributed by atoms with Crippen LogP contribution in [-0.2, 0) is 0 Å². The maximum Gasteiger partial charge on any atom is 0.272 e. The van der Waals surface area contributed by atoms with Crippen molar-refractivity contribution in [2.24, 2.45) is 0 Å². The molecule has 1 N–H and O–H groups in total. The molecule has 0 saturated heterocycles. The van der Waals surface area contributed by atoms with E-state index in [1.807, 2.05) is 6.92 Å². The highest BCUT2D eigenvalue weighted by atomic mass is 32.2. The Bertz CT molecular complexity index is 386. The number of rotatable bonds is 5. The summed E-state index contributed by atoms with van der Waals surface area (Å²) in [4.78, 5) is 10.1. The Morgan fingerprint density at radius 3 is 2.81 bits per heavy atom. The highest BCUT2D eigenvalue weighted by Crippen LogP contribution is 2.29. The fraction of sp³-hybridized carbons (Fsp3) is 0.400. The highest BCUT2D eigenvalue weighted by Gasteiger charge is 2.13. The average molecular weight is 245 g/mol. The van der Waals surface area contributed by atoms with E-state index < -0.39 is 10.7 Å². The molecule has 0 heterocycles. The number of aliphatic hydroxyl groups excluding tert-OH is 1. The van der Waals surface area contributed by atoms with Gasteiger partial charge >= 0.3 is 0 Å². The zero-order valence-electron chi connectivity index (χ0n) is 8.72. The molecule has 0 spiro atoms. The summed E-state index contributed by atoms with van der Waals surface area (Å²) in [5, 5.41) is 19.2. The lowest BCUT2D eigenvalue weighted by atomic mass is 10.3. The van der Waals surface area contributed by atoms with Gasteiger partial charge in [0, 0.05) is 22.8 Å². The van der Waals surface area contributed by atoms with Gasteiger partial charge in [0.15, 0.2) is 0 Å². The second-order valence-electron chi connectivity index (χ2n) is 3.31.